The van der Waals surface area contributed by atoms with Crippen molar-refractivity contribution in [2.45, 2.75) is 6.92 Å². The van der Waals surface area contributed by atoms with Gasteiger partial charge in [0.2, 0.25) is 0 Å². The molecule has 3 rings (SSSR count). The number of nitrogens with zero attached hydrogens (tertiary/aromatic N) is 1. The molecule has 0 spiro atoms. The Labute approximate surface area is 149 Å². The van der Waals surface area contributed by atoms with Crippen LogP contribution >= 0.6 is 0 Å². The number of fused-ring (bicyclic) bond motifs is 1. The Bertz CT molecular complexity index is 1070. The average molecular weight is 346 g/mol. The zero-order valence-corrected chi connectivity index (χ0v) is 14.0. The van der Waals surface area contributed by atoms with Gasteiger partial charge in [0.25, 0.3) is 0 Å². The molecule has 4 nitrogen and oxygen atoms in total. The Morgan fingerprint density at radius 2 is 1.96 bits per heavy atom. The fraction of sp³-hybridized carbons (Fsp3) is 0.0952. The van der Waals surface area contributed by atoms with Crippen molar-refractivity contribution in [3.05, 3.63) is 77.2 Å². The van der Waals surface area contributed by atoms with Crippen LogP contribution in [0, 0.1) is 30.0 Å². The Morgan fingerprint density at radius 3 is 2.69 bits per heavy atom. The summed E-state index contributed by atoms with van der Waals surface area (Å²) in [4.78, 5) is 28.3. The van der Waals surface area contributed by atoms with E-state index in [0.717, 1.165) is 11.6 Å². The van der Waals surface area contributed by atoms with Gasteiger partial charge in [-0.3, -0.25) is 9.59 Å². The zero-order valence-electron chi connectivity index (χ0n) is 14.0. The number of aromatic nitrogens is 1. The Hall–Kier alpha value is -3.52. The van der Waals surface area contributed by atoms with Gasteiger partial charge in [-0.2, -0.15) is 5.26 Å². The summed E-state index contributed by atoms with van der Waals surface area (Å²) in [5.41, 5.74) is 2.21. The third-order valence-corrected chi connectivity index (χ3v) is 4.10. The third kappa shape index (κ3) is 3.31. The first-order valence-corrected chi connectivity index (χ1v) is 8.00. The number of nitriles is 1. The van der Waals surface area contributed by atoms with Gasteiger partial charge in [0.05, 0.1) is 6.07 Å². The van der Waals surface area contributed by atoms with Crippen molar-refractivity contribution in [2.75, 3.05) is 0 Å². The number of benzene rings is 2. The van der Waals surface area contributed by atoms with E-state index in [0.29, 0.717) is 22.2 Å². The van der Waals surface area contributed by atoms with E-state index < -0.39 is 23.3 Å². The highest BCUT2D eigenvalue weighted by Crippen LogP contribution is 2.25. The number of allylic oxidation sites excluding steroid dienone is 1. The van der Waals surface area contributed by atoms with Crippen LogP contribution in [0.1, 0.15) is 21.6 Å². The lowest BCUT2D eigenvalue weighted by molar-refractivity contribution is -0.115. The number of hydrogen-bond acceptors (Lipinski definition) is 3. The van der Waals surface area contributed by atoms with Crippen molar-refractivity contribution in [1.82, 2.24) is 4.98 Å². The molecule has 0 aliphatic heterocycles. The number of carbonyl (C=O) groups is 2. The number of hydrogen-bond donors (Lipinski definition) is 1. The minimum Gasteiger partial charge on any atom is -0.358 e. The van der Waals surface area contributed by atoms with E-state index in [2.05, 4.69) is 4.98 Å². The highest BCUT2D eigenvalue weighted by Gasteiger charge is 2.29. The molecule has 0 radical (unpaired) electrons. The number of rotatable bonds is 5. The van der Waals surface area contributed by atoms with Crippen LogP contribution in [0.25, 0.3) is 17.0 Å². The van der Waals surface area contributed by atoms with Crippen molar-refractivity contribution in [2.24, 2.45) is 5.92 Å². The Kier molecular flexibility index (Phi) is 4.76. The first-order valence-electron chi connectivity index (χ1n) is 8.00. The highest BCUT2D eigenvalue weighted by atomic mass is 19.1. The maximum absolute atomic E-state index is 13.2. The number of aromatic amines is 1. The van der Waals surface area contributed by atoms with Crippen molar-refractivity contribution in [3.63, 3.8) is 0 Å². The van der Waals surface area contributed by atoms with Crippen molar-refractivity contribution >= 4 is 28.5 Å². The van der Waals surface area contributed by atoms with Gasteiger partial charge in [-0.1, -0.05) is 36.4 Å². The van der Waals surface area contributed by atoms with Gasteiger partial charge in [0.1, 0.15) is 5.82 Å². The normalized spacial score (nSPS) is 12.2. The highest BCUT2D eigenvalue weighted by molar-refractivity contribution is 6.21. The second kappa shape index (κ2) is 7.16. The summed E-state index contributed by atoms with van der Waals surface area (Å²) in [7, 11) is 0. The molecule has 0 amide bonds. The topological polar surface area (TPSA) is 73.7 Å². The van der Waals surface area contributed by atoms with Crippen LogP contribution in [0.5, 0.6) is 0 Å². The summed E-state index contributed by atoms with van der Waals surface area (Å²) < 4.78 is 13.2. The third-order valence-electron chi connectivity index (χ3n) is 4.10. The first kappa shape index (κ1) is 17.3. The largest absolute Gasteiger partial charge is 0.358 e. The molecule has 3 aromatic rings. The molecule has 2 aromatic carbocycles. The van der Waals surface area contributed by atoms with Gasteiger partial charge in [0, 0.05) is 22.2 Å². The van der Waals surface area contributed by atoms with Crippen LogP contribution in [0.2, 0.25) is 0 Å². The lowest BCUT2D eigenvalue weighted by Crippen LogP contribution is -2.21. The molecule has 0 bridgehead atoms. The lowest BCUT2D eigenvalue weighted by Gasteiger charge is -2.05. The number of H-pyrrole nitrogens is 1. The predicted octanol–water partition coefficient (Wildman–Crippen LogP) is 4.22. The maximum Gasteiger partial charge on any atom is 0.190 e. The summed E-state index contributed by atoms with van der Waals surface area (Å²) in [6.45, 7) is 1.73. The zero-order chi connectivity index (χ0) is 18.7. The van der Waals surface area contributed by atoms with Gasteiger partial charge in [-0.05, 0) is 36.8 Å². The SMILES string of the molecule is Cc1[nH]c2ccccc2c1C(=O)C(C#N)C(=O)/C=C/c1cccc(F)c1. The molecule has 1 atom stereocenters. The van der Waals surface area contributed by atoms with E-state index in [9.17, 15) is 19.2 Å². The molecule has 26 heavy (non-hydrogen) atoms. The molecule has 1 N–H and O–H groups in total. The standard InChI is InChI=1S/C21H15FN2O2/c1-13-20(16-7-2-3-8-18(16)24-13)21(26)17(12-23)19(25)10-9-14-5-4-6-15(22)11-14/h2-11,17,24H,1H3/b10-9+. The van der Waals surface area contributed by atoms with Crippen LogP contribution in [-0.2, 0) is 4.79 Å². The van der Waals surface area contributed by atoms with Gasteiger partial charge < -0.3 is 4.98 Å². The second-order valence-corrected chi connectivity index (χ2v) is 5.89. The Morgan fingerprint density at radius 1 is 1.19 bits per heavy atom. The molecule has 5 heteroatoms. The first-order chi connectivity index (χ1) is 12.5. The number of halogens is 1. The number of carbonyl (C=O) groups excluding carboxylic acids is 2. The van der Waals surface area contributed by atoms with E-state index in [-0.39, 0.29) is 0 Å². The Balaban J connectivity index is 1.90. The molecule has 1 heterocycles. The molecular weight excluding hydrogens is 331 g/mol. The summed E-state index contributed by atoms with van der Waals surface area (Å²) in [6, 6.07) is 14.7. The van der Waals surface area contributed by atoms with Gasteiger partial charge in [-0.15, -0.1) is 0 Å². The fourth-order valence-corrected chi connectivity index (χ4v) is 2.87. The predicted molar refractivity (Wildman–Crippen MR) is 96.9 cm³/mol. The van der Waals surface area contributed by atoms with Crippen molar-refractivity contribution in [1.29, 1.82) is 5.26 Å². The molecule has 1 aromatic heterocycles. The summed E-state index contributed by atoms with van der Waals surface area (Å²) in [6.07, 6.45) is 2.54. The van der Waals surface area contributed by atoms with Crippen LogP contribution in [0.4, 0.5) is 4.39 Å². The van der Waals surface area contributed by atoms with E-state index in [1.165, 1.54) is 24.3 Å². The number of ketones is 2. The molecule has 0 saturated carbocycles. The second-order valence-electron chi connectivity index (χ2n) is 5.89. The average Bonchev–Trinajstić information content (AvgIpc) is 2.96. The number of Topliss-reactive ketones (excluding diaryl/α,β-unsaturated/α-hetero) is 1. The van der Waals surface area contributed by atoms with Crippen molar-refractivity contribution in [3.8, 4) is 6.07 Å². The molecule has 0 aliphatic carbocycles. The fourth-order valence-electron chi connectivity index (χ4n) is 2.87. The van der Waals surface area contributed by atoms with Crippen LogP contribution in [0.3, 0.4) is 0 Å². The van der Waals surface area contributed by atoms with Gasteiger partial charge in [0.15, 0.2) is 17.5 Å². The maximum atomic E-state index is 13.2. The van der Waals surface area contributed by atoms with Crippen LogP contribution in [0.15, 0.2) is 54.6 Å². The molecule has 0 saturated heterocycles. The monoisotopic (exact) mass is 346 g/mol. The smallest absolute Gasteiger partial charge is 0.190 e. The molecule has 128 valence electrons. The quantitative estimate of drug-likeness (QED) is 0.427. The minimum absolute atomic E-state index is 0.347. The summed E-state index contributed by atoms with van der Waals surface area (Å²) >= 11 is 0. The number of aryl methyl sites for hydroxylation is 1. The van der Waals surface area contributed by atoms with Crippen LogP contribution < -0.4 is 0 Å². The minimum atomic E-state index is -1.45. The summed E-state index contributed by atoms with van der Waals surface area (Å²) in [5.74, 6) is -3.05. The number of nitrogens with one attached hydrogen (secondary N) is 1. The molecular formula is C21H15FN2O2. The molecule has 1 unspecified atom stereocenters. The number of para-hydroxylation sites is 1. The van der Waals surface area contributed by atoms with Gasteiger partial charge >= 0.3 is 0 Å². The van der Waals surface area contributed by atoms with E-state index in [1.807, 2.05) is 12.1 Å². The van der Waals surface area contributed by atoms with E-state index in [4.69, 9.17) is 0 Å². The molecule has 0 fully saturated rings. The van der Waals surface area contributed by atoms with Crippen LogP contribution in [-0.4, -0.2) is 16.6 Å². The lowest BCUT2D eigenvalue weighted by atomic mass is 9.92. The van der Waals surface area contributed by atoms with Gasteiger partial charge in [-0.25, -0.2) is 4.39 Å². The van der Waals surface area contributed by atoms with E-state index in [1.54, 1.807) is 31.2 Å². The van der Waals surface area contributed by atoms with Crippen molar-refractivity contribution < 1.29 is 14.0 Å². The van der Waals surface area contributed by atoms with E-state index >= 15 is 0 Å². The summed E-state index contributed by atoms with van der Waals surface area (Å²) in [5, 5.41) is 10.1. The molecule has 0 aliphatic rings.